The molecule has 4 N–H and O–H groups in total. The van der Waals surface area contributed by atoms with E-state index in [2.05, 4.69) is 0 Å². The maximum atomic E-state index is 10.9. The summed E-state index contributed by atoms with van der Waals surface area (Å²) >= 11 is 0. The average molecular weight is 184 g/mol. The van der Waals surface area contributed by atoms with Crippen LogP contribution < -0.4 is 11.5 Å². The Balaban J connectivity index is 2.37. The Morgan fingerprint density at radius 3 is 2.62 bits per heavy atom. The highest BCUT2D eigenvalue weighted by molar-refractivity contribution is 5.76. The highest BCUT2D eigenvalue weighted by atomic mass is 16.1. The van der Waals surface area contributed by atoms with Crippen molar-refractivity contribution in [1.29, 1.82) is 0 Å². The molecule has 76 valence electrons. The van der Waals surface area contributed by atoms with Gasteiger partial charge in [-0.05, 0) is 25.2 Å². The van der Waals surface area contributed by atoms with Crippen molar-refractivity contribution in [3.8, 4) is 0 Å². The van der Waals surface area contributed by atoms with Gasteiger partial charge in [-0.15, -0.1) is 0 Å². The quantitative estimate of drug-likeness (QED) is 0.687. The Kier molecular flexibility index (Phi) is 3.72. The molecule has 1 saturated carbocycles. The molecule has 0 bridgehead atoms. The molecule has 1 aliphatic carbocycles. The molecular weight excluding hydrogens is 164 g/mol. The van der Waals surface area contributed by atoms with Crippen LogP contribution >= 0.6 is 0 Å². The van der Waals surface area contributed by atoms with E-state index in [1.54, 1.807) is 0 Å². The molecule has 13 heavy (non-hydrogen) atoms. The smallest absolute Gasteiger partial charge is 0.220 e. The van der Waals surface area contributed by atoms with Crippen LogP contribution in [0.3, 0.4) is 0 Å². The number of amides is 1. The third-order valence-corrected chi connectivity index (χ3v) is 3.11. The predicted molar refractivity (Wildman–Crippen MR) is 52.9 cm³/mol. The SMILES string of the molecule is CC(CC1CCCCC1N)C(N)=O. The molecular formula is C10H20N2O. The van der Waals surface area contributed by atoms with Crippen LogP contribution in [0.4, 0.5) is 0 Å². The molecule has 0 radical (unpaired) electrons. The van der Waals surface area contributed by atoms with Crippen LogP contribution in [0.25, 0.3) is 0 Å². The van der Waals surface area contributed by atoms with Crippen molar-refractivity contribution in [1.82, 2.24) is 0 Å². The molecule has 3 atom stereocenters. The first kappa shape index (κ1) is 10.5. The summed E-state index contributed by atoms with van der Waals surface area (Å²) in [6.45, 7) is 1.89. The first-order chi connectivity index (χ1) is 6.11. The zero-order valence-corrected chi connectivity index (χ0v) is 8.33. The average Bonchev–Trinajstić information content (AvgIpc) is 2.08. The summed E-state index contributed by atoms with van der Waals surface area (Å²) in [5.74, 6) is 0.295. The first-order valence-electron chi connectivity index (χ1n) is 5.16. The second-order valence-electron chi connectivity index (χ2n) is 4.25. The molecule has 3 nitrogen and oxygen atoms in total. The van der Waals surface area contributed by atoms with Gasteiger partial charge in [0.2, 0.25) is 5.91 Å². The van der Waals surface area contributed by atoms with Crippen molar-refractivity contribution in [2.45, 2.75) is 45.1 Å². The molecule has 0 saturated heterocycles. The molecule has 0 heterocycles. The van der Waals surface area contributed by atoms with E-state index >= 15 is 0 Å². The molecule has 1 aliphatic rings. The number of carbonyl (C=O) groups excluding carboxylic acids is 1. The largest absolute Gasteiger partial charge is 0.369 e. The number of hydrogen-bond acceptors (Lipinski definition) is 2. The van der Waals surface area contributed by atoms with E-state index in [1.165, 1.54) is 19.3 Å². The maximum absolute atomic E-state index is 10.9. The van der Waals surface area contributed by atoms with Crippen LogP contribution in [-0.4, -0.2) is 11.9 Å². The van der Waals surface area contributed by atoms with Crippen molar-refractivity contribution in [3.63, 3.8) is 0 Å². The second kappa shape index (κ2) is 4.61. The standard InChI is InChI=1S/C10H20N2O/c1-7(10(12)13)6-8-4-2-3-5-9(8)11/h7-9H,2-6,11H2,1H3,(H2,12,13). The molecule has 3 unspecified atom stereocenters. The molecule has 0 aromatic heterocycles. The van der Waals surface area contributed by atoms with E-state index in [0.29, 0.717) is 5.92 Å². The molecule has 1 amide bonds. The summed E-state index contributed by atoms with van der Waals surface area (Å²) in [6, 6.07) is 0.288. The molecule has 1 fully saturated rings. The van der Waals surface area contributed by atoms with Crippen molar-refractivity contribution in [2.24, 2.45) is 23.3 Å². The van der Waals surface area contributed by atoms with Gasteiger partial charge in [0.1, 0.15) is 0 Å². The van der Waals surface area contributed by atoms with E-state index in [1.807, 2.05) is 6.92 Å². The normalized spacial score (nSPS) is 31.2. The first-order valence-corrected chi connectivity index (χ1v) is 5.16. The molecule has 1 rings (SSSR count). The predicted octanol–water partition coefficient (Wildman–Crippen LogP) is 1.02. The lowest BCUT2D eigenvalue weighted by Gasteiger charge is -2.29. The Hall–Kier alpha value is -0.570. The zero-order chi connectivity index (χ0) is 9.84. The molecule has 3 heteroatoms. The van der Waals surface area contributed by atoms with Gasteiger partial charge in [-0.25, -0.2) is 0 Å². The van der Waals surface area contributed by atoms with Gasteiger partial charge in [0, 0.05) is 12.0 Å². The van der Waals surface area contributed by atoms with Gasteiger partial charge in [0.15, 0.2) is 0 Å². The van der Waals surface area contributed by atoms with Crippen LogP contribution in [0.5, 0.6) is 0 Å². The van der Waals surface area contributed by atoms with E-state index in [9.17, 15) is 4.79 Å². The molecule has 0 spiro atoms. The lowest BCUT2D eigenvalue weighted by Crippen LogP contribution is -2.35. The van der Waals surface area contributed by atoms with Crippen LogP contribution in [-0.2, 0) is 4.79 Å². The van der Waals surface area contributed by atoms with Gasteiger partial charge in [-0.3, -0.25) is 4.79 Å². The van der Waals surface area contributed by atoms with Crippen LogP contribution in [0, 0.1) is 11.8 Å². The van der Waals surface area contributed by atoms with Gasteiger partial charge < -0.3 is 11.5 Å². The van der Waals surface area contributed by atoms with Crippen molar-refractivity contribution in [2.75, 3.05) is 0 Å². The number of primary amides is 1. The third kappa shape index (κ3) is 2.99. The summed E-state index contributed by atoms with van der Waals surface area (Å²) in [7, 11) is 0. The lowest BCUT2D eigenvalue weighted by atomic mass is 9.80. The number of rotatable bonds is 3. The van der Waals surface area contributed by atoms with E-state index < -0.39 is 0 Å². The van der Waals surface area contributed by atoms with Crippen LogP contribution in [0.1, 0.15) is 39.0 Å². The van der Waals surface area contributed by atoms with Crippen molar-refractivity contribution >= 4 is 5.91 Å². The Labute approximate surface area is 79.9 Å². The zero-order valence-electron chi connectivity index (χ0n) is 8.33. The fraction of sp³-hybridized carbons (Fsp3) is 0.900. The minimum absolute atomic E-state index is 0.0193. The number of hydrogen-bond donors (Lipinski definition) is 2. The summed E-state index contributed by atoms with van der Waals surface area (Å²) in [6.07, 6.45) is 5.64. The Morgan fingerprint density at radius 2 is 2.08 bits per heavy atom. The van der Waals surface area contributed by atoms with E-state index in [0.717, 1.165) is 12.8 Å². The minimum Gasteiger partial charge on any atom is -0.369 e. The Bertz CT molecular complexity index is 182. The van der Waals surface area contributed by atoms with Gasteiger partial charge in [0.25, 0.3) is 0 Å². The van der Waals surface area contributed by atoms with Crippen molar-refractivity contribution in [3.05, 3.63) is 0 Å². The van der Waals surface area contributed by atoms with Crippen LogP contribution in [0.15, 0.2) is 0 Å². The lowest BCUT2D eigenvalue weighted by molar-refractivity contribution is -0.121. The monoisotopic (exact) mass is 184 g/mol. The fourth-order valence-corrected chi connectivity index (χ4v) is 2.10. The fourth-order valence-electron chi connectivity index (χ4n) is 2.10. The summed E-state index contributed by atoms with van der Waals surface area (Å²) in [5.41, 5.74) is 11.2. The second-order valence-corrected chi connectivity index (χ2v) is 4.25. The van der Waals surface area contributed by atoms with Gasteiger partial charge in [-0.2, -0.15) is 0 Å². The number of carbonyl (C=O) groups is 1. The molecule has 0 aliphatic heterocycles. The molecule has 0 aromatic carbocycles. The van der Waals surface area contributed by atoms with Gasteiger partial charge >= 0.3 is 0 Å². The highest BCUT2D eigenvalue weighted by Crippen LogP contribution is 2.28. The summed E-state index contributed by atoms with van der Waals surface area (Å²) < 4.78 is 0. The molecule has 0 aromatic rings. The van der Waals surface area contributed by atoms with Gasteiger partial charge in [0.05, 0.1) is 0 Å². The maximum Gasteiger partial charge on any atom is 0.220 e. The Morgan fingerprint density at radius 1 is 1.46 bits per heavy atom. The summed E-state index contributed by atoms with van der Waals surface area (Å²) in [5, 5.41) is 0. The van der Waals surface area contributed by atoms with Crippen LogP contribution in [0.2, 0.25) is 0 Å². The summed E-state index contributed by atoms with van der Waals surface area (Å²) in [4.78, 5) is 10.9. The third-order valence-electron chi connectivity index (χ3n) is 3.11. The number of nitrogens with two attached hydrogens (primary N) is 2. The van der Waals surface area contributed by atoms with E-state index in [-0.39, 0.29) is 17.9 Å². The topological polar surface area (TPSA) is 69.1 Å². The van der Waals surface area contributed by atoms with Crippen molar-refractivity contribution < 1.29 is 4.79 Å². The van der Waals surface area contributed by atoms with E-state index in [4.69, 9.17) is 11.5 Å². The highest BCUT2D eigenvalue weighted by Gasteiger charge is 2.24. The van der Waals surface area contributed by atoms with Gasteiger partial charge in [-0.1, -0.05) is 19.8 Å². The minimum atomic E-state index is -0.197.